The van der Waals surface area contributed by atoms with Crippen molar-refractivity contribution in [1.82, 2.24) is 19.1 Å². The van der Waals surface area contributed by atoms with E-state index in [1.54, 1.807) is 0 Å². The van der Waals surface area contributed by atoms with E-state index in [1.807, 2.05) is 6.07 Å². The monoisotopic (exact) mass is 612 g/mol. The largest absolute Gasteiger partial charge is 0.317 e. The van der Waals surface area contributed by atoms with E-state index in [2.05, 4.69) is 173 Å². The number of rotatable bonds is 4. The smallest absolute Gasteiger partial charge is 0.235 e. The Morgan fingerprint density at radius 1 is 0.396 bits per heavy atom. The van der Waals surface area contributed by atoms with Crippen LogP contribution in [0.4, 0.5) is 0 Å². The molecule has 48 heavy (non-hydrogen) atoms. The summed E-state index contributed by atoms with van der Waals surface area (Å²) in [5.41, 5.74) is 9.74. The van der Waals surface area contributed by atoms with Crippen molar-refractivity contribution in [3.63, 3.8) is 0 Å². The van der Waals surface area contributed by atoms with Gasteiger partial charge in [-0.25, -0.2) is 9.97 Å². The second-order valence-corrected chi connectivity index (χ2v) is 12.3. The van der Waals surface area contributed by atoms with E-state index in [4.69, 9.17) is 9.97 Å². The highest BCUT2D eigenvalue weighted by molar-refractivity contribution is 6.28. The molecule has 224 valence electrons. The topological polar surface area (TPSA) is 35.6 Å². The highest BCUT2D eigenvalue weighted by atomic mass is 15.2. The molecule has 3 heterocycles. The fourth-order valence-corrected chi connectivity index (χ4v) is 7.36. The Morgan fingerprint density at radius 2 is 1.00 bits per heavy atom. The molecule has 0 atom stereocenters. The van der Waals surface area contributed by atoms with Gasteiger partial charge in [0.25, 0.3) is 0 Å². The molecule has 0 spiro atoms. The quantitative estimate of drug-likeness (QED) is 0.198. The number of aromatic nitrogens is 4. The lowest BCUT2D eigenvalue weighted by molar-refractivity contribution is 1.01. The predicted octanol–water partition coefficient (Wildman–Crippen LogP) is 11.2. The number of nitrogens with zero attached hydrogens (tertiary/aromatic N) is 4. The van der Waals surface area contributed by atoms with Crippen molar-refractivity contribution in [2.24, 2.45) is 0 Å². The van der Waals surface area contributed by atoms with E-state index in [1.165, 1.54) is 43.6 Å². The van der Waals surface area contributed by atoms with Crippen LogP contribution >= 0.6 is 0 Å². The lowest BCUT2D eigenvalue weighted by atomic mass is 10.0. The molecule has 0 bridgehead atoms. The molecule has 0 fully saturated rings. The predicted molar refractivity (Wildman–Crippen MR) is 199 cm³/mol. The first kappa shape index (κ1) is 26.7. The van der Waals surface area contributed by atoms with Gasteiger partial charge in [-0.15, -0.1) is 0 Å². The Labute approximate surface area is 276 Å². The normalized spacial score (nSPS) is 11.8. The summed E-state index contributed by atoms with van der Waals surface area (Å²) in [6.07, 6.45) is 2.18. The lowest BCUT2D eigenvalue weighted by Crippen LogP contribution is -2.03. The number of hydrogen-bond acceptors (Lipinski definition) is 2. The lowest BCUT2D eigenvalue weighted by Gasteiger charge is -2.12. The summed E-state index contributed by atoms with van der Waals surface area (Å²) in [5.74, 6) is 0.660. The third kappa shape index (κ3) is 4.03. The highest BCUT2D eigenvalue weighted by Crippen LogP contribution is 2.41. The van der Waals surface area contributed by atoms with Gasteiger partial charge in [0.15, 0.2) is 0 Å². The molecule has 0 unspecified atom stereocenters. The zero-order valence-corrected chi connectivity index (χ0v) is 26.0. The van der Waals surface area contributed by atoms with Crippen molar-refractivity contribution in [3.05, 3.63) is 170 Å². The van der Waals surface area contributed by atoms with Gasteiger partial charge in [-0.2, -0.15) is 0 Å². The van der Waals surface area contributed by atoms with Gasteiger partial charge in [0.1, 0.15) is 0 Å². The van der Waals surface area contributed by atoms with Crippen molar-refractivity contribution >= 4 is 54.4 Å². The fraction of sp³-hybridized carbons (Fsp3) is 0. The molecule has 4 heteroatoms. The maximum Gasteiger partial charge on any atom is 0.235 e. The van der Waals surface area contributed by atoms with Crippen LogP contribution in [0.25, 0.3) is 88.4 Å². The summed E-state index contributed by atoms with van der Waals surface area (Å²) >= 11 is 0. The third-order valence-electron chi connectivity index (χ3n) is 9.58. The molecule has 10 rings (SSSR count). The molecule has 0 amide bonds. The summed E-state index contributed by atoms with van der Waals surface area (Å²) < 4.78 is 4.53. The van der Waals surface area contributed by atoms with Crippen LogP contribution in [0.1, 0.15) is 0 Å². The van der Waals surface area contributed by atoms with Crippen LogP contribution in [0.15, 0.2) is 170 Å². The van der Waals surface area contributed by atoms with Crippen LogP contribution in [-0.2, 0) is 0 Å². The Kier molecular flexibility index (Phi) is 5.84. The molecule has 0 saturated heterocycles. The minimum Gasteiger partial charge on any atom is -0.317 e. The van der Waals surface area contributed by atoms with E-state index in [0.717, 1.165) is 38.9 Å². The van der Waals surface area contributed by atoms with Gasteiger partial charge in [0.2, 0.25) is 5.95 Å². The van der Waals surface area contributed by atoms with Crippen LogP contribution in [0, 0.1) is 0 Å². The van der Waals surface area contributed by atoms with Gasteiger partial charge < -0.3 is 4.57 Å². The molecular weight excluding hydrogens is 585 g/mol. The number of para-hydroxylation sites is 2. The van der Waals surface area contributed by atoms with Crippen LogP contribution in [0.2, 0.25) is 0 Å². The van der Waals surface area contributed by atoms with E-state index in [9.17, 15) is 0 Å². The van der Waals surface area contributed by atoms with Gasteiger partial charge in [-0.1, -0.05) is 121 Å². The molecule has 10 aromatic rings. The number of benzene rings is 7. The summed E-state index contributed by atoms with van der Waals surface area (Å²) in [4.78, 5) is 10.6. The summed E-state index contributed by atoms with van der Waals surface area (Å²) in [6.45, 7) is 0. The molecule has 0 aliphatic heterocycles. The minimum atomic E-state index is 0.660. The second-order valence-electron chi connectivity index (χ2n) is 12.3. The van der Waals surface area contributed by atoms with Gasteiger partial charge >= 0.3 is 0 Å². The van der Waals surface area contributed by atoms with Crippen molar-refractivity contribution in [3.8, 4) is 34.0 Å². The molecule has 0 N–H and O–H groups in total. The molecule has 4 nitrogen and oxygen atoms in total. The minimum absolute atomic E-state index is 0.660. The Hall–Kier alpha value is -6.52. The molecule has 3 aromatic heterocycles. The Balaban J connectivity index is 1.26. The highest BCUT2D eigenvalue weighted by Gasteiger charge is 2.21. The van der Waals surface area contributed by atoms with Crippen molar-refractivity contribution in [1.29, 1.82) is 0 Å². The maximum absolute atomic E-state index is 5.38. The van der Waals surface area contributed by atoms with Gasteiger partial charge in [0, 0.05) is 39.0 Å². The molecular formula is C44H28N4. The molecule has 0 saturated carbocycles. The summed E-state index contributed by atoms with van der Waals surface area (Å²) in [6, 6.07) is 57.9. The van der Waals surface area contributed by atoms with Crippen molar-refractivity contribution in [2.45, 2.75) is 0 Å². The zero-order valence-electron chi connectivity index (χ0n) is 26.0. The first-order valence-electron chi connectivity index (χ1n) is 16.3. The Morgan fingerprint density at radius 3 is 1.81 bits per heavy atom. The van der Waals surface area contributed by atoms with Gasteiger partial charge in [-0.3, -0.25) is 4.57 Å². The van der Waals surface area contributed by atoms with Crippen molar-refractivity contribution in [2.75, 3.05) is 0 Å². The van der Waals surface area contributed by atoms with Gasteiger partial charge in [0.05, 0.1) is 27.8 Å². The van der Waals surface area contributed by atoms with Crippen LogP contribution in [0.3, 0.4) is 0 Å². The van der Waals surface area contributed by atoms with E-state index < -0.39 is 0 Å². The van der Waals surface area contributed by atoms with Gasteiger partial charge in [-0.05, 0) is 64.4 Å². The average molecular weight is 613 g/mol. The zero-order chi connectivity index (χ0) is 31.6. The fourth-order valence-electron chi connectivity index (χ4n) is 7.36. The third-order valence-corrected chi connectivity index (χ3v) is 9.58. The SMILES string of the molecule is c1ccc(-c2ccc(-c3nc(-n4c5ccc6ccccc6c5c5c6ccn(-c7ccccc7)c6ccc54)nc4ccccc34)cc2)cc1. The van der Waals surface area contributed by atoms with E-state index in [0.29, 0.717) is 5.95 Å². The molecule has 0 radical (unpaired) electrons. The van der Waals surface area contributed by atoms with Crippen molar-refractivity contribution < 1.29 is 0 Å². The molecule has 0 aliphatic carbocycles. The van der Waals surface area contributed by atoms with Crippen LogP contribution in [-0.4, -0.2) is 19.1 Å². The average Bonchev–Trinajstić information content (AvgIpc) is 3.75. The van der Waals surface area contributed by atoms with E-state index in [-0.39, 0.29) is 0 Å². The Bertz CT molecular complexity index is 2810. The van der Waals surface area contributed by atoms with Crippen LogP contribution in [0.5, 0.6) is 0 Å². The molecule has 0 aliphatic rings. The maximum atomic E-state index is 5.38. The van der Waals surface area contributed by atoms with E-state index >= 15 is 0 Å². The first-order chi connectivity index (χ1) is 23.8. The first-order valence-corrected chi connectivity index (χ1v) is 16.3. The van der Waals surface area contributed by atoms with Crippen LogP contribution < -0.4 is 0 Å². The summed E-state index contributed by atoms with van der Waals surface area (Å²) in [7, 11) is 0. The summed E-state index contributed by atoms with van der Waals surface area (Å²) in [5, 5.41) is 7.08. The molecule has 7 aromatic carbocycles. The standard InChI is InChI=1S/C44H28N4/c1-3-11-29(12-4-1)30-19-21-32(22-20-30)43-35-17-9-10-18-37(35)45-44(46-43)48-39-24-23-31-13-7-8-16-34(31)41(39)42-36-27-28-47(33-14-5-2-6-15-33)38(36)25-26-40(42)48/h1-28H. The second kappa shape index (κ2) is 10.5. The number of fused-ring (bicyclic) bond motifs is 8. The number of hydrogen-bond donors (Lipinski definition) is 0.